The van der Waals surface area contributed by atoms with Crippen molar-refractivity contribution >= 4 is 45.0 Å². The van der Waals surface area contributed by atoms with Gasteiger partial charge in [-0.1, -0.05) is 22.0 Å². The Labute approximate surface area is 226 Å². The van der Waals surface area contributed by atoms with E-state index >= 15 is 0 Å². The summed E-state index contributed by atoms with van der Waals surface area (Å²) >= 11 is 4.82. The van der Waals surface area contributed by atoms with Crippen molar-refractivity contribution in [1.29, 1.82) is 0 Å². The molecule has 2 unspecified atom stereocenters. The second-order valence-corrected chi connectivity index (χ2v) is 10.9. The molecular weight excluding hydrogens is 567 g/mol. The van der Waals surface area contributed by atoms with E-state index < -0.39 is 35.4 Å². The van der Waals surface area contributed by atoms with E-state index in [1.54, 1.807) is 19.2 Å². The van der Waals surface area contributed by atoms with Gasteiger partial charge in [0, 0.05) is 34.8 Å². The van der Waals surface area contributed by atoms with Crippen LogP contribution in [0.25, 0.3) is 0 Å². The van der Waals surface area contributed by atoms with Gasteiger partial charge in [0.1, 0.15) is 17.9 Å². The molecule has 1 aromatic heterocycles. The third-order valence-corrected chi connectivity index (χ3v) is 7.47. The standard InChI is InChI=1S/C25H28BrFN4O5S/c1-5-35-24(33)19-17(11-31-13-25(2,3)36-12-18(31)23(32)34-4)29-21(22-28-8-9-37-22)30-20(19)15-7-6-14(27)10-16(15)26/h6-10,18,20H,5,11-13H2,1-4H3,(H,29,30). The molecule has 2 aromatic rings. The third-order valence-electron chi connectivity index (χ3n) is 6.00. The zero-order valence-electron chi connectivity index (χ0n) is 20.9. The fourth-order valence-electron chi connectivity index (χ4n) is 4.34. The molecule has 3 heterocycles. The lowest BCUT2D eigenvalue weighted by Crippen LogP contribution is -2.58. The lowest BCUT2D eigenvalue weighted by Gasteiger charge is -2.43. The SMILES string of the molecule is CCOC(=O)C1=C(CN2CC(C)(C)OCC2C(=O)OC)NC(c2nccs2)=NC1c1ccc(F)cc1Br. The number of halogens is 2. The first kappa shape index (κ1) is 27.4. The summed E-state index contributed by atoms with van der Waals surface area (Å²) in [7, 11) is 1.33. The van der Waals surface area contributed by atoms with E-state index in [2.05, 4.69) is 26.2 Å². The number of carbonyl (C=O) groups is 2. The van der Waals surface area contributed by atoms with E-state index in [9.17, 15) is 14.0 Å². The minimum Gasteiger partial charge on any atom is -0.468 e. The van der Waals surface area contributed by atoms with Gasteiger partial charge in [0.2, 0.25) is 0 Å². The largest absolute Gasteiger partial charge is 0.468 e. The van der Waals surface area contributed by atoms with Crippen LogP contribution in [0.3, 0.4) is 0 Å². The van der Waals surface area contributed by atoms with Gasteiger partial charge in [-0.3, -0.25) is 14.7 Å². The Kier molecular flexibility index (Phi) is 8.42. The minimum absolute atomic E-state index is 0.141. The van der Waals surface area contributed by atoms with Crippen molar-refractivity contribution in [3.05, 3.63) is 61.9 Å². The smallest absolute Gasteiger partial charge is 0.338 e. The molecule has 37 heavy (non-hydrogen) atoms. The summed E-state index contributed by atoms with van der Waals surface area (Å²) in [5, 5.41) is 5.73. The van der Waals surface area contributed by atoms with Crippen LogP contribution in [0.5, 0.6) is 0 Å². The average molecular weight is 595 g/mol. The van der Waals surface area contributed by atoms with Gasteiger partial charge in [-0.05, 0) is 38.5 Å². The van der Waals surface area contributed by atoms with E-state index in [-0.39, 0.29) is 25.3 Å². The number of aromatic nitrogens is 1. The van der Waals surface area contributed by atoms with Gasteiger partial charge in [-0.15, -0.1) is 11.3 Å². The van der Waals surface area contributed by atoms with Crippen molar-refractivity contribution in [3.8, 4) is 0 Å². The third kappa shape index (κ3) is 6.08. The maximum Gasteiger partial charge on any atom is 0.338 e. The Bertz CT molecular complexity index is 1230. The fraction of sp³-hybridized carbons (Fsp3) is 0.440. The average Bonchev–Trinajstić information content (AvgIpc) is 3.38. The minimum atomic E-state index is -0.810. The Morgan fingerprint density at radius 3 is 2.81 bits per heavy atom. The first-order valence-corrected chi connectivity index (χ1v) is 13.4. The van der Waals surface area contributed by atoms with Crippen LogP contribution in [-0.4, -0.2) is 72.7 Å². The molecule has 0 saturated carbocycles. The molecular formula is C25H28BrFN4O5S. The second-order valence-electron chi connectivity index (χ2n) is 9.14. The molecule has 0 spiro atoms. The number of amidine groups is 1. The molecule has 2 aliphatic heterocycles. The molecule has 0 amide bonds. The van der Waals surface area contributed by atoms with Crippen LogP contribution in [0.15, 0.2) is 50.5 Å². The van der Waals surface area contributed by atoms with Crippen LogP contribution in [0, 0.1) is 5.82 Å². The highest BCUT2D eigenvalue weighted by molar-refractivity contribution is 9.10. The summed E-state index contributed by atoms with van der Waals surface area (Å²) in [6.07, 6.45) is 1.66. The Balaban J connectivity index is 1.85. The molecule has 9 nitrogen and oxygen atoms in total. The number of hydrogen-bond acceptors (Lipinski definition) is 10. The number of methoxy groups -OCH3 is 1. The van der Waals surface area contributed by atoms with E-state index in [4.69, 9.17) is 19.2 Å². The fourth-order valence-corrected chi connectivity index (χ4v) is 5.50. The highest BCUT2D eigenvalue weighted by atomic mass is 79.9. The highest BCUT2D eigenvalue weighted by Gasteiger charge is 2.41. The predicted octanol–water partition coefficient (Wildman–Crippen LogP) is 3.61. The maximum atomic E-state index is 13.9. The summed E-state index contributed by atoms with van der Waals surface area (Å²) in [6.45, 7) is 6.47. The molecule has 0 aliphatic carbocycles. The molecule has 12 heteroatoms. The molecule has 0 bridgehead atoms. The van der Waals surface area contributed by atoms with Crippen molar-refractivity contribution in [2.24, 2.45) is 4.99 Å². The number of esters is 2. The van der Waals surface area contributed by atoms with E-state index in [1.165, 1.54) is 30.6 Å². The predicted molar refractivity (Wildman–Crippen MR) is 140 cm³/mol. The summed E-state index contributed by atoms with van der Waals surface area (Å²) in [4.78, 5) is 37.1. The summed E-state index contributed by atoms with van der Waals surface area (Å²) < 4.78 is 30.8. The highest BCUT2D eigenvalue weighted by Crippen LogP contribution is 2.37. The van der Waals surface area contributed by atoms with Gasteiger partial charge < -0.3 is 19.5 Å². The monoisotopic (exact) mass is 594 g/mol. The molecule has 4 rings (SSSR count). The lowest BCUT2D eigenvalue weighted by atomic mass is 9.94. The topological polar surface area (TPSA) is 102 Å². The first-order valence-electron chi connectivity index (χ1n) is 11.7. The van der Waals surface area contributed by atoms with Gasteiger partial charge in [0.25, 0.3) is 0 Å². The zero-order chi connectivity index (χ0) is 26.7. The normalized spacial score (nSPS) is 21.7. The van der Waals surface area contributed by atoms with Crippen molar-refractivity contribution in [2.75, 3.05) is 33.4 Å². The molecule has 1 saturated heterocycles. The van der Waals surface area contributed by atoms with Gasteiger partial charge in [0.15, 0.2) is 10.8 Å². The number of carbonyl (C=O) groups excluding carboxylic acids is 2. The molecule has 1 N–H and O–H groups in total. The van der Waals surface area contributed by atoms with E-state index in [0.717, 1.165) is 0 Å². The van der Waals surface area contributed by atoms with E-state index in [1.807, 2.05) is 24.1 Å². The number of nitrogens with zero attached hydrogens (tertiary/aromatic N) is 3. The molecule has 1 fully saturated rings. The Morgan fingerprint density at radius 2 is 2.16 bits per heavy atom. The molecule has 2 atom stereocenters. The number of ether oxygens (including phenoxy) is 3. The van der Waals surface area contributed by atoms with Gasteiger partial charge in [-0.2, -0.15) is 0 Å². The van der Waals surface area contributed by atoms with Crippen LogP contribution < -0.4 is 5.32 Å². The maximum absolute atomic E-state index is 13.9. The van der Waals surface area contributed by atoms with Crippen LogP contribution in [0.2, 0.25) is 0 Å². The number of rotatable bonds is 7. The Morgan fingerprint density at radius 1 is 1.38 bits per heavy atom. The number of thiazole rings is 1. The number of benzene rings is 1. The molecule has 0 radical (unpaired) electrons. The van der Waals surface area contributed by atoms with Crippen molar-refractivity contribution < 1.29 is 28.2 Å². The van der Waals surface area contributed by atoms with Crippen molar-refractivity contribution in [3.63, 3.8) is 0 Å². The van der Waals surface area contributed by atoms with Crippen LogP contribution in [-0.2, 0) is 23.8 Å². The van der Waals surface area contributed by atoms with Crippen LogP contribution >= 0.6 is 27.3 Å². The second kappa shape index (κ2) is 11.4. The number of nitrogens with one attached hydrogen (secondary N) is 1. The first-order chi connectivity index (χ1) is 17.6. The summed E-state index contributed by atoms with van der Waals surface area (Å²) in [5.74, 6) is -0.958. The Hall–Kier alpha value is -2.67. The lowest BCUT2D eigenvalue weighted by molar-refractivity contribution is -0.164. The molecule has 198 valence electrons. The van der Waals surface area contributed by atoms with Gasteiger partial charge in [0.05, 0.1) is 31.5 Å². The van der Waals surface area contributed by atoms with Crippen molar-refractivity contribution in [2.45, 2.75) is 38.5 Å². The van der Waals surface area contributed by atoms with Gasteiger partial charge in [-0.25, -0.2) is 14.2 Å². The van der Waals surface area contributed by atoms with Crippen molar-refractivity contribution in [1.82, 2.24) is 15.2 Å². The van der Waals surface area contributed by atoms with Crippen LogP contribution in [0.1, 0.15) is 37.4 Å². The number of morpholine rings is 1. The van der Waals surface area contributed by atoms with E-state index in [0.29, 0.717) is 33.1 Å². The van der Waals surface area contributed by atoms with Crippen LogP contribution in [0.4, 0.5) is 4.39 Å². The zero-order valence-corrected chi connectivity index (χ0v) is 23.3. The quantitative estimate of drug-likeness (QED) is 0.485. The number of hydrogen-bond donors (Lipinski definition) is 1. The number of aliphatic imine (C=N–C) groups is 1. The molecule has 2 aliphatic rings. The summed E-state index contributed by atoms with van der Waals surface area (Å²) in [5.41, 5.74) is 0.827. The van der Waals surface area contributed by atoms with Gasteiger partial charge >= 0.3 is 11.9 Å². The molecule has 1 aromatic carbocycles. The summed E-state index contributed by atoms with van der Waals surface area (Å²) in [6, 6.07) is 2.75.